The number of unbranched alkanes of at least 4 members (excludes halogenated alkanes) is 2. The average molecular weight is 337 g/mol. The van der Waals surface area contributed by atoms with Gasteiger partial charge in [0.15, 0.2) is 0 Å². The monoisotopic (exact) mass is 336 g/mol. The molecule has 0 saturated heterocycles. The van der Waals surface area contributed by atoms with Crippen LogP contribution in [0, 0.1) is 5.92 Å². The highest BCUT2D eigenvalue weighted by atomic mass is 16.5. The normalized spacial score (nSPS) is 17.5. The third kappa shape index (κ3) is 4.87. The largest absolute Gasteiger partial charge is 0.494 e. The summed E-state index contributed by atoms with van der Waals surface area (Å²) in [5.41, 5.74) is 2.94. The molecule has 0 aliphatic heterocycles. The van der Waals surface area contributed by atoms with E-state index in [4.69, 9.17) is 4.74 Å². The summed E-state index contributed by atoms with van der Waals surface area (Å²) in [6, 6.07) is 13.4. The molecular weight excluding hydrogens is 304 g/mol. The van der Waals surface area contributed by atoms with E-state index in [1.807, 2.05) is 0 Å². The Labute approximate surface area is 153 Å². The molecule has 0 saturated carbocycles. The van der Waals surface area contributed by atoms with Crippen LogP contribution in [0.25, 0.3) is 16.3 Å². The number of ether oxygens (including phenoxy) is 1. The van der Waals surface area contributed by atoms with Gasteiger partial charge < -0.3 is 4.74 Å². The summed E-state index contributed by atoms with van der Waals surface area (Å²) < 4.78 is 5.83. The van der Waals surface area contributed by atoms with Gasteiger partial charge in [0, 0.05) is 0 Å². The van der Waals surface area contributed by atoms with Crippen LogP contribution in [0.2, 0.25) is 0 Å². The lowest BCUT2D eigenvalue weighted by Crippen LogP contribution is -2.05. The molecule has 1 nitrogen and oxygen atoms in total. The molecule has 25 heavy (non-hydrogen) atoms. The van der Waals surface area contributed by atoms with Gasteiger partial charge in [-0.25, -0.2) is 0 Å². The molecule has 0 fully saturated rings. The highest BCUT2D eigenvalue weighted by molar-refractivity contribution is 5.87. The van der Waals surface area contributed by atoms with Crippen molar-refractivity contribution in [2.24, 2.45) is 5.92 Å². The summed E-state index contributed by atoms with van der Waals surface area (Å²) in [6.45, 7) is 5.29. The van der Waals surface area contributed by atoms with Crippen LogP contribution in [0.1, 0.15) is 70.8 Å². The van der Waals surface area contributed by atoms with E-state index in [-0.39, 0.29) is 0 Å². The Morgan fingerprint density at radius 2 is 1.76 bits per heavy atom. The molecule has 0 bridgehead atoms. The first-order chi connectivity index (χ1) is 12.3. The van der Waals surface area contributed by atoms with Gasteiger partial charge in [-0.05, 0) is 71.7 Å². The van der Waals surface area contributed by atoms with Crippen LogP contribution >= 0.6 is 0 Å². The van der Waals surface area contributed by atoms with E-state index in [0.29, 0.717) is 0 Å². The Morgan fingerprint density at radius 3 is 2.52 bits per heavy atom. The molecule has 3 rings (SSSR count). The Hall–Kier alpha value is -1.76. The first kappa shape index (κ1) is 18.0. The molecule has 2 aromatic carbocycles. The van der Waals surface area contributed by atoms with Crippen LogP contribution in [0.5, 0.6) is 5.75 Å². The van der Waals surface area contributed by atoms with Gasteiger partial charge in [0.1, 0.15) is 5.75 Å². The Bertz CT molecular complexity index is 713. The molecule has 0 radical (unpaired) electrons. The zero-order valence-electron chi connectivity index (χ0n) is 15.9. The maximum absolute atomic E-state index is 5.83. The lowest BCUT2D eigenvalue weighted by molar-refractivity contribution is 0.310. The summed E-state index contributed by atoms with van der Waals surface area (Å²) in [5.74, 6) is 1.90. The molecule has 0 aromatic heterocycles. The number of hydrogen-bond acceptors (Lipinski definition) is 1. The molecule has 1 atom stereocenters. The summed E-state index contributed by atoms with van der Waals surface area (Å²) >= 11 is 0. The first-order valence-corrected chi connectivity index (χ1v) is 10.2. The third-order valence-electron chi connectivity index (χ3n) is 5.43. The van der Waals surface area contributed by atoms with Gasteiger partial charge in [-0.1, -0.05) is 63.8 Å². The molecule has 0 spiro atoms. The lowest BCUT2D eigenvalue weighted by Gasteiger charge is -2.22. The van der Waals surface area contributed by atoms with Crippen LogP contribution in [-0.4, -0.2) is 6.61 Å². The van der Waals surface area contributed by atoms with Crippen molar-refractivity contribution in [2.45, 2.75) is 65.2 Å². The minimum absolute atomic E-state index is 0.812. The van der Waals surface area contributed by atoms with Crippen molar-refractivity contribution < 1.29 is 4.74 Å². The molecule has 1 unspecified atom stereocenters. The molecular formula is C24H32O. The number of allylic oxidation sites excluding steroid dienone is 2. The molecule has 2 aromatic rings. The fourth-order valence-corrected chi connectivity index (χ4v) is 3.75. The summed E-state index contributed by atoms with van der Waals surface area (Å²) in [6.07, 6.45) is 12.7. The molecule has 0 heterocycles. The second-order valence-corrected chi connectivity index (χ2v) is 7.44. The molecule has 1 aliphatic rings. The predicted molar refractivity (Wildman–Crippen MR) is 109 cm³/mol. The number of fused-ring (bicyclic) bond motifs is 1. The van der Waals surface area contributed by atoms with Gasteiger partial charge in [-0.3, -0.25) is 0 Å². The van der Waals surface area contributed by atoms with Crippen LogP contribution < -0.4 is 4.74 Å². The van der Waals surface area contributed by atoms with Gasteiger partial charge in [-0.2, -0.15) is 0 Å². The summed E-state index contributed by atoms with van der Waals surface area (Å²) in [7, 11) is 0. The van der Waals surface area contributed by atoms with E-state index in [0.717, 1.165) is 24.7 Å². The first-order valence-electron chi connectivity index (χ1n) is 10.2. The van der Waals surface area contributed by atoms with E-state index < -0.39 is 0 Å². The molecule has 134 valence electrons. The van der Waals surface area contributed by atoms with Gasteiger partial charge in [0.25, 0.3) is 0 Å². The highest BCUT2D eigenvalue weighted by Crippen LogP contribution is 2.34. The second kappa shape index (κ2) is 9.08. The predicted octanol–water partition coefficient (Wildman–Crippen LogP) is 7.39. The van der Waals surface area contributed by atoms with Crippen LogP contribution in [0.15, 0.2) is 42.5 Å². The van der Waals surface area contributed by atoms with E-state index in [1.54, 1.807) is 0 Å². The topological polar surface area (TPSA) is 9.23 Å². The zero-order valence-corrected chi connectivity index (χ0v) is 15.9. The van der Waals surface area contributed by atoms with Crippen molar-refractivity contribution >= 4 is 16.3 Å². The number of hydrogen-bond donors (Lipinski definition) is 0. The van der Waals surface area contributed by atoms with Crippen molar-refractivity contribution in [3.8, 4) is 5.75 Å². The van der Waals surface area contributed by atoms with Crippen molar-refractivity contribution in [2.75, 3.05) is 6.61 Å². The van der Waals surface area contributed by atoms with E-state index in [2.05, 4.69) is 56.3 Å². The SMILES string of the molecule is CCCCOc1ccc2cc(C3=CCC(CCCC)CC3)ccc2c1. The van der Waals surface area contributed by atoms with Gasteiger partial charge in [0.05, 0.1) is 6.61 Å². The van der Waals surface area contributed by atoms with Crippen molar-refractivity contribution in [1.82, 2.24) is 0 Å². The number of benzene rings is 2. The van der Waals surface area contributed by atoms with Gasteiger partial charge in [0.2, 0.25) is 0 Å². The smallest absolute Gasteiger partial charge is 0.119 e. The Kier molecular flexibility index (Phi) is 6.55. The van der Waals surface area contributed by atoms with Crippen molar-refractivity contribution in [3.63, 3.8) is 0 Å². The third-order valence-corrected chi connectivity index (χ3v) is 5.43. The Balaban J connectivity index is 1.69. The van der Waals surface area contributed by atoms with Gasteiger partial charge in [-0.15, -0.1) is 0 Å². The maximum atomic E-state index is 5.83. The van der Waals surface area contributed by atoms with Crippen molar-refractivity contribution in [3.05, 3.63) is 48.0 Å². The van der Waals surface area contributed by atoms with E-state index in [1.165, 1.54) is 66.9 Å². The van der Waals surface area contributed by atoms with Crippen LogP contribution in [-0.2, 0) is 0 Å². The fraction of sp³-hybridized carbons (Fsp3) is 0.500. The maximum Gasteiger partial charge on any atom is 0.119 e. The highest BCUT2D eigenvalue weighted by Gasteiger charge is 2.15. The zero-order chi connectivity index (χ0) is 17.5. The summed E-state index contributed by atoms with van der Waals surface area (Å²) in [5, 5.41) is 2.59. The minimum Gasteiger partial charge on any atom is -0.494 e. The lowest BCUT2D eigenvalue weighted by atomic mass is 9.84. The number of rotatable bonds is 8. The summed E-state index contributed by atoms with van der Waals surface area (Å²) in [4.78, 5) is 0. The van der Waals surface area contributed by atoms with E-state index >= 15 is 0 Å². The molecule has 1 heteroatoms. The van der Waals surface area contributed by atoms with Crippen LogP contribution in [0.3, 0.4) is 0 Å². The van der Waals surface area contributed by atoms with E-state index in [9.17, 15) is 0 Å². The van der Waals surface area contributed by atoms with Crippen LogP contribution in [0.4, 0.5) is 0 Å². The van der Waals surface area contributed by atoms with Gasteiger partial charge >= 0.3 is 0 Å². The second-order valence-electron chi connectivity index (χ2n) is 7.44. The molecule has 0 N–H and O–H groups in total. The fourth-order valence-electron chi connectivity index (χ4n) is 3.75. The molecule has 1 aliphatic carbocycles. The van der Waals surface area contributed by atoms with Crippen molar-refractivity contribution in [1.29, 1.82) is 0 Å². The minimum atomic E-state index is 0.812. The molecule has 0 amide bonds. The quantitative estimate of drug-likeness (QED) is 0.456. The standard InChI is InChI=1S/C24H32O/c1-3-5-7-19-8-10-20(11-9-19)21-12-13-23-18-24(25-16-6-4-2)15-14-22(23)17-21/h10,12-15,17-19H,3-9,11,16H2,1-2H3. The Morgan fingerprint density at radius 1 is 0.960 bits per heavy atom. The average Bonchev–Trinajstić information content (AvgIpc) is 2.66.